The molecular formula is C17H18ClNO. The number of hydrogen-bond donors (Lipinski definition) is 0. The number of alkyl halides is 1. The zero-order valence-electron chi connectivity index (χ0n) is 11.6. The van der Waals surface area contributed by atoms with Crippen LogP contribution in [-0.4, -0.2) is 9.94 Å². The largest absolute Gasteiger partial charge is 0.341 e. The highest BCUT2D eigenvalue weighted by Crippen LogP contribution is 2.24. The summed E-state index contributed by atoms with van der Waals surface area (Å²) >= 11 is 6.19. The molecule has 2 aromatic rings. The molecule has 104 valence electrons. The minimum absolute atomic E-state index is 0.0732. The molecule has 0 saturated carbocycles. The summed E-state index contributed by atoms with van der Waals surface area (Å²) in [5, 5.41) is 0.734. The SMILES string of the molecule is CCCCn1c2c(c(=O)c3ccccc31)CC(Cl)C=C2. The highest BCUT2D eigenvalue weighted by molar-refractivity contribution is 6.22. The van der Waals surface area contributed by atoms with E-state index in [-0.39, 0.29) is 10.8 Å². The third-order valence-corrected chi connectivity index (χ3v) is 4.21. The standard InChI is InChI=1S/C17H18ClNO/c1-2-3-10-19-15-7-5-4-6-13(15)17(20)14-11-12(18)8-9-16(14)19/h4-9,12H,2-3,10-11H2,1H3. The van der Waals surface area contributed by atoms with Crippen molar-refractivity contribution in [2.75, 3.05) is 0 Å². The molecule has 3 rings (SSSR count). The molecule has 0 radical (unpaired) electrons. The van der Waals surface area contributed by atoms with E-state index in [0.717, 1.165) is 41.5 Å². The Kier molecular flexibility index (Phi) is 3.66. The zero-order chi connectivity index (χ0) is 14.1. The number of fused-ring (bicyclic) bond motifs is 2. The Balaban J connectivity index is 2.32. The van der Waals surface area contributed by atoms with E-state index < -0.39 is 0 Å². The first-order valence-electron chi connectivity index (χ1n) is 7.19. The maximum absolute atomic E-state index is 12.6. The number of para-hydroxylation sites is 1. The second kappa shape index (κ2) is 5.45. The Morgan fingerprint density at radius 2 is 2.15 bits per heavy atom. The molecule has 0 saturated heterocycles. The van der Waals surface area contributed by atoms with Crippen LogP contribution in [0.3, 0.4) is 0 Å². The van der Waals surface area contributed by atoms with Gasteiger partial charge in [0.25, 0.3) is 0 Å². The highest BCUT2D eigenvalue weighted by atomic mass is 35.5. The number of hydrogen-bond acceptors (Lipinski definition) is 1. The van der Waals surface area contributed by atoms with Crippen molar-refractivity contribution < 1.29 is 0 Å². The van der Waals surface area contributed by atoms with Crippen molar-refractivity contribution in [3.63, 3.8) is 0 Å². The Hall–Kier alpha value is -1.54. The quantitative estimate of drug-likeness (QED) is 0.783. The molecule has 1 aliphatic carbocycles. The summed E-state index contributed by atoms with van der Waals surface area (Å²) in [5.74, 6) is 0. The van der Waals surface area contributed by atoms with Crippen molar-refractivity contribution in [1.29, 1.82) is 0 Å². The average molecular weight is 288 g/mol. The van der Waals surface area contributed by atoms with E-state index in [9.17, 15) is 4.79 Å². The first-order chi connectivity index (χ1) is 9.72. The second-order valence-corrected chi connectivity index (χ2v) is 5.86. The second-order valence-electron chi connectivity index (χ2n) is 5.29. The van der Waals surface area contributed by atoms with Crippen molar-refractivity contribution in [2.45, 2.75) is 38.1 Å². The molecule has 1 heterocycles. The van der Waals surface area contributed by atoms with E-state index in [4.69, 9.17) is 11.6 Å². The summed E-state index contributed by atoms with van der Waals surface area (Å²) in [6, 6.07) is 7.87. The highest BCUT2D eigenvalue weighted by Gasteiger charge is 2.20. The monoisotopic (exact) mass is 287 g/mol. The summed E-state index contributed by atoms with van der Waals surface area (Å²) in [6.07, 6.45) is 6.87. The van der Waals surface area contributed by atoms with Gasteiger partial charge in [-0.15, -0.1) is 11.6 Å². The van der Waals surface area contributed by atoms with Crippen LogP contribution in [-0.2, 0) is 13.0 Å². The van der Waals surface area contributed by atoms with Crippen LogP contribution in [0, 0.1) is 0 Å². The van der Waals surface area contributed by atoms with Crippen molar-refractivity contribution in [3.05, 3.63) is 51.8 Å². The fourth-order valence-electron chi connectivity index (χ4n) is 2.88. The fourth-order valence-corrected chi connectivity index (χ4v) is 3.10. The van der Waals surface area contributed by atoms with Gasteiger partial charge in [0.1, 0.15) is 0 Å². The summed E-state index contributed by atoms with van der Waals surface area (Å²) in [5.41, 5.74) is 3.07. The van der Waals surface area contributed by atoms with Gasteiger partial charge in [0.05, 0.1) is 10.9 Å². The Morgan fingerprint density at radius 1 is 1.35 bits per heavy atom. The number of rotatable bonds is 3. The number of aromatic nitrogens is 1. The van der Waals surface area contributed by atoms with E-state index in [1.165, 1.54) is 0 Å². The minimum atomic E-state index is -0.0732. The molecule has 0 aliphatic heterocycles. The van der Waals surface area contributed by atoms with Crippen LogP contribution in [0.1, 0.15) is 31.0 Å². The molecule has 1 unspecified atom stereocenters. The number of halogens is 1. The molecule has 1 aliphatic rings. The first-order valence-corrected chi connectivity index (χ1v) is 7.62. The van der Waals surface area contributed by atoms with E-state index >= 15 is 0 Å². The van der Waals surface area contributed by atoms with Crippen LogP contribution in [0.4, 0.5) is 0 Å². The van der Waals surface area contributed by atoms with E-state index in [1.807, 2.05) is 36.4 Å². The Labute approximate surface area is 123 Å². The van der Waals surface area contributed by atoms with Crippen LogP contribution >= 0.6 is 11.6 Å². The van der Waals surface area contributed by atoms with E-state index in [2.05, 4.69) is 11.5 Å². The molecule has 0 bridgehead atoms. The summed E-state index contributed by atoms with van der Waals surface area (Å²) in [6.45, 7) is 3.12. The van der Waals surface area contributed by atoms with E-state index in [1.54, 1.807) is 0 Å². The molecule has 0 fully saturated rings. The van der Waals surface area contributed by atoms with Gasteiger partial charge in [-0.1, -0.05) is 31.6 Å². The van der Waals surface area contributed by atoms with Gasteiger partial charge in [-0.05, 0) is 31.1 Å². The van der Waals surface area contributed by atoms with Gasteiger partial charge in [0.15, 0.2) is 5.43 Å². The third-order valence-electron chi connectivity index (χ3n) is 3.91. The number of allylic oxidation sites excluding steroid dienone is 1. The number of pyridine rings is 1. The zero-order valence-corrected chi connectivity index (χ0v) is 12.4. The molecule has 0 amide bonds. The van der Waals surface area contributed by atoms with Crippen LogP contribution in [0.2, 0.25) is 0 Å². The average Bonchev–Trinajstić information content (AvgIpc) is 2.48. The predicted octanol–water partition coefficient (Wildman–Crippen LogP) is 3.98. The summed E-state index contributed by atoms with van der Waals surface area (Å²) in [7, 11) is 0. The van der Waals surface area contributed by atoms with Crippen molar-refractivity contribution in [1.82, 2.24) is 4.57 Å². The van der Waals surface area contributed by atoms with Crippen molar-refractivity contribution in [2.24, 2.45) is 0 Å². The Morgan fingerprint density at radius 3 is 2.95 bits per heavy atom. The number of nitrogens with zero attached hydrogens (tertiary/aromatic N) is 1. The molecule has 3 heteroatoms. The number of unbranched alkanes of at least 4 members (excludes halogenated alkanes) is 1. The lowest BCUT2D eigenvalue weighted by molar-refractivity contribution is 0.636. The van der Waals surface area contributed by atoms with Crippen molar-refractivity contribution in [3.8, 4) is 0 Å². The Bertz CT molecular complexity index is 730. The lowest BCUT2D eigenvalue weighted by Gasteiger charge is -2.22. The molecule has 1 atom stereocenters. The van der Waals surface area contributed by atoms with Crippen molar-refractivity contribution >= 4 is 28.6 Å². The lowest BCUT2D eigenvalue weighted by Crippen LogP contribution is -2.23. The molecule has 1 aromatic carbocycles. The van der Waals surface area contributed by atoms with E-state index in [0.29, 0.717) is 6.42 Å². The van der Waals surface area contributed by atoms with Gasteiger partial charge >= 0.3 is 0 Å². The summed E-state index contributed by atoms with van der Waals surface area (Å²) in [4.78, 5) is 12.6. The fraction of sp³-hybridized carbons (Fsp3) is 0.353. The van der Waals surface area contributed by atoms with Gasteiger partial charge < -0.3 is 4.57 Å². The van der Waals surface area contributed by atoms with Crippen LogP contribution in [0.5, 0.6) is 0 Å². The minimum Gasteiger partial charge on any atom is -0.341 e. The maximum atomic E-state index is 12.6. The van der Waals surface area contributed by atoms with Crippen LogP contribution in [0.15, 0.2) is 35.1 Å². The number of benzene rings is 1. The lowest BCUT2D eigenvalue weighted by atomic mass is 9.98. The van der Waals surface area contributed by atoms with Gasteiger partial charge in [0, 0.05) is 23.2 Å². The van der Waals surface area contributed by atoms with Gasteiger partial charge in [-0.25, -0.2) is 0 Å². The van der Waals surface area contributed by atoms with Crippen LogP contribution in [0.25, 0.3) is 17.0 Å². The molecule has 2 nitrogen and oxygen atoms in total. The predicted molar refractivity (Wildman–Crippen MR) is 85.5 cm³/mol. The molecule has 20 heavy (non-hydrogen) atoms. The third kappa shape index (κ3) is 2.18. The molecule has 0 N–H and O–H groups in total. The summed E-state index contributed by atoms with van der Waals surface area (Å²) < 4.78 is 2.27. The number of aryl methyl sites for hydroxylation is 1. The van der Waals surface area contributed by atoms with Crippen LogP contribution < -0.4 is 5.43 Å². The van der Waals surface area contributed by atoms with Gasteiger partial charge in [0.2, 0.25) is 0 Å². The van der Waals surface area contributed by atoms with Gasteiger partial charge in [-0.3, -0.25) is 4.79 Å². The molecular weight excluding hydrogens is 270 g/mol. The molecule has 0 spiro atoms. The van der Waals surface area contributed by atoms with Gasteiger partial charge in [-0.2, -0.15) is 0 Å². The smallest absolute Gasteiger partial charge is 0.193 e. The first kappa shape index (κ1) is 13.4. The molecule has 1 aromatic heterocycles. The topological polar surface area (TPSA) is 22.0 Å². The normalized spacial score (nSPS) is 17.4. The maximum Gasteiger partial charge on any atom is 0.193 e.